The van der Waals surface area contributed by atoms with Crippen molar-refractivity contribution in [2.24, 2.45) is 7.05 Å². The molecular formula is C18H23IN3O2+. The second-order valence-corrected chi connectivity index (χ2v) is 6.59. The summed E-state index contributed by atoms with van der Waals surface area (Å²) in [5.74, 6) is 0.851. The van der Waals surface area contributed by atoms with Crippen LogP contribution in [-0.4, -0.2) is 24.2 Å². The molecule has 0 fully saturated rings. The number of benzene rings is 1. The zero-order valence-corrected chi connectivity index (χ0v) is 16.4. The zero-order valence-electron chi connectivity index (χ0n) is 14.3. The number of hydrogen-bond donors (Lipinski definition) is 1. The maximum atomic E-state index is 11.2. The molecule has 1 unspecified atom stereocenters. The van der Waals surface area contributed by atoms with E-state index in [9.17, 15) is 4.79 Å². The fourth-order valence-electron chi connectivity index (χ4n) is 3.09. The first-order valence-corrected chi connectivity index (χ1v) is 7.75. The van der Waals surface area contributed by atoms with Crippen LogP contribution in [0.2, 0.25) is 0 Å². The summed E-state index contributed by atoms with van der Waals surface area (Å²) in [7, 11) is 4.23. The Morgan fingerprint density at radius 3 is 2.88 bits per heavy atom. The van der Waals surface area contributed by atoms with E-state index in [1.165, 1.54) is 12.5 Å². The molecule has 0 spiro atoms. The molecule has 0 aliphatic carbocycles. The molecule has 1 aromatic heterocycles. The van der Waals surface area contributed by atoms with E-state index in [2.05, 4.69) is 35.3 Å². The lowest BCUT2D eigenvalue weighted by atomic mass is 10.1. The van der Waals surface area contributed by atoms with Crippen molar-refractivity contribution in [2.75, 3.05) is 19.1 Å². The van der Waals surface area contributed by atoms with E-state index in [1.807, 2.05) is 31.4 Å². The van der Waals surface area contributed by atoms with Gasteiger partial charge in [0.2, 0.25) is 12.6 Å². The Hall–Kier alpha value is -1.67. The highest BCUT2D eigenvalue weighted by Crippen LogP contribution is 2.31. The average Bonchev–Trinajstić information content (AvgIpc) is 2.45. The van der Waals surface area contributed by atoms with Crippen LogP contribution in [0.25, 0.3) is 0 Å². The number of carbonyl (C=O) groups is 1. The monoisotopic (exact) mass is 440 g/mol. The van der Waals surface area contributed by atoms with Crippen molar-refractivity contribution in [2.45, 2.75) is 20.0 Å². The number of quaternary nitrogens is 1. The molecule has 1 aliphatic rings. The van der Waals surface area contributed by atoms with Gasteiger partial charge in [-0.05, 0) is 24.3 Å². The van der Waals surface area contributed by atoms with Crippen LogP contribution in [0.1, 0.15) is 18.1 Å². The second kappa shape index (κ2) is 7.48. The number of aromatic nitrogens is 1. The number of rotatable bonds is 3. The second-order valence-electron chi connectivity index (χ2n) is 6.59. The van der Waals surface area contributed by atoms with Gasteiger partial charge in [-0.15, -0.1) is 0 Å². The maximum absolute atomic E-state index is 11.2. The molecule has 2 heterocycles. The maximum Gasteiger partial charge on any atom is 0.224 e. The Morgan fingerprint density at radius 1 is 1.38 bits per heavy atom. The van der Waals surface area contributed by atoms with Crippen LogP contribution in [0.5, 0.6) is 5.75 Å². The van der Waals surface area contributed by atoms with Gasteiger partial charge >= 0.3 is 0 Å². The number of hydrogen-bond acceptors (Lipinski definition) is 2. The minimum atomic E-state index is -0.0595. The molecule has 0 saturated carbocycles. The predicted molar refractivity (Wildman–Crippen MR) is 87.5 cm³/mol. The van der Waals surface area contributed by atoms with Crippen molar-refractivity contribution in [1.29, 1.82) is 0 Å². The molecule has 2 aromatic rings. The van der Waals surface area contributed by atoms with E-state index >= 15 is 0 Å². The third-order valence-electron chi connectivity index (χ3n) is 4.03. The van der Waals surface area contributed by atoms with E-state index in [4.69, 9.17) is 4.74 Å². The van der Waals surface area contributed by atoms with Crippen LogP contribution < -0.4 is 38.6 Å². The molecule has 1 amide bonds. The summed E-state index contributed by atoms with van der Waals surface area (Å²) in [6.07, 6.45) is 4.18. The lowest BCUT2D eigenvalue weighted by Gasteiger charge is -2.37. The first kappa shape index (κ1) is 18.7. The molecule has 0 bridgehead atoms. The van der Waals surface area contributed by atoms with Crippen LogP contribution in [0.3, 0.4) is 0 Å². The fourth-order valence-corrected chi connectivity index (χ4v) is 3.09. The van der Waals surface area contributed by atoms with Gasteiger partial charge in [0.15, 0.2) is 12.4 Å². The highest BCUT2D eigenvalue weighted by molar-refractivity contribution is 5.88. The molecule has 1 aromatic carbocycles. The molecule has 128 valence electrons. The van der Waals surface area contributed by atoms with Gasteiger partial charge in [-0.3, -0.25) is 9.28 Å². The number of aryl methyl sites for hydroxylation is 1. The largest absolute Gasteiger partial charge is 1.00 e. The van der Waals surface area contributed by atoms with Crippen LogP contribution in [0.4, 0.5) is 5.69 Å². The average molecular weight is 440 g/mol. The van der Waals surface area contributed by atoms with Crippen molar-refractivity contribution in [3.05, 3.63) is 53.9 Å². The van der Waals surface area contributed by atoms with Crippen molar-refractivity contribution in [1.82, 2.24) is 0 Å². The minimum Gasteiger partial charge on any atom is -1.00 e. The standard InChI is InChI=1S/C18H22N3O2.HI/c1-14(22)19-17-6-7-18-16(9-17)12-21(3,13-23-18)11-15-5-4-8-20(2)10-15;/h4-10H,11-13H2,1-3H3;1H/q+1;. The van der Waals surface area contributed by atoms with Gasteiger partial charge in [0.05, 0.1) is 18.2 Å². The summed E-state index contributed by atoms with van der Waals surface area (Å²) >= 11 is 0. The predicted octanol–water partition coefficient (Wildman–Crippen LogP) is -1.03. The summed E-state index contributed by atoms with van der Waals surface area (Å²) in [4.78, 5) is 11.2. The Morgan fingerprint density at radius 2 is 2.17 bits per heavy atom. The van der Waals surface area contributed by atoms with Gasteiger partial charge in [-0.25, -0.2) is 4.57 Å². The summed E-state index contributed by atoms with van der Waals surface area (Å²) < 4.78 is 8.80. The molecule has 3 rings (SSSR count). The van der Waals surface area contributed by atoms with Crippen LogP contribution in [0.15, 0.2) is 42.7 Å². The lowest BCUT2D eigenvalue weighted by Crippen LogP contribution is -3.00. The van der Waals surface area contributed by atoms with Crippen LogP contribution in [-0.2, 0) is 24.9 Å². The van der Waals surface area contributed by atoms with Gasteiger partial charge in [0.25, 0.3) is 0 Å². The van der Waals surface area contributed by atoms with E-state index in [1.54, 1.807) is 0 Å². The van der Waals surface area contributed by atoms with Crippen molar-refractivity contribution < 1.29 is 42.6 Å². The number of carbonyl (C=O) groups excluding carboxylic acids is 1. The smallest absolute Gasteiger partial charge is 0.224 e. The van der Waals surface area contributed by atoms with Crippen molar-refractivity contribution in [3.8, 4) is 5.75 Å². The number of fused-ring (bicyclic) bond motifs is 1. The van der Waals surface area contributed by atoms with E-state index < -0.39 is 0 Å². The fraction of sp³-hybridized carbons (Fsp3) is 0.333. The quantitative estimate of drug-likeness (QED) is 0.377. The first-order chi connectivity index (χ1) is 10.9. The Kier molecular flexibility index (Phi) is 5.82. The van der Waals surface area contributed by atoms with E-state index in [0.29, 0.717) is 6.73 Å². The highest BCUT2D eigenvalue weighted by atomic mass is 127. The molecule has 1 N–H and O–H groups in total. The summed E-state index contributed by atoms with van der Waals surface area (Å²) in [6.45, 7) is 3.94. The highest BCUT2D eigenvalue weighted by Gasteiger charge is 2.30. The number of pyridine rings is 1. The lowest BCUT2D eigenvalue weighted by molar-refractivity contribution is -0.952. The summed E-state index contributed by atoms with van der Waals surface area (Å²) in [5, 5.41) is 2.83. The molecule has 0 saturated heterocycles. The number of nitrogens with one attached hydrogen (secondary N) is 1. The molecule has 1 atom stereocenters. The Bertz CT molecular complexity index is 751. The summed E-state index contributed by atoms with van der Waals surface area (Å²) in [6, 6.07) is 10.0. The van der Waals surface area contributed by atoms with E-state index in [0.717, 1.165) is 34.6 Å². The third-order valence-corrected chi connectivity index (χ3v) is 4.03. The van der Waals surface area contributed by atoms with Crippen LogP contribution >= 0.6 is 0 Å². The number of amides is 1. The van der Waals surface area contributed by atoms with Gasteiger partial charge in [-0.1, -0.05) is 0 Å². The minimum absolute atomic E-state index is 0. The molecule has 24 heavy (non-hydrogen) atoms. The topological polar surface area (TPSA) is 42.2 Å². The van der Waals surface area contributed by atoms with E-state index in [-0.39, 0.29) is 29.9 Å². The molecule has 6 heteroatoms. The van der Waals surface area contributed by atoms with Gasteiger partial charge < -0.3 is 34.0 Å². The van der Waals surface area contributed by atoms with Crippen LogP contribution in [0, 0.1) is 0 Å². The zero-order chi connectivity index (χ0) is 16.4. The molecule has 1 aliphatic heterocycles. The third kappa shape index (κ3) is 4.45. The molecular weight excluding hydrogens is 417 g/mol. The Labute approximate surface area is 159 Å². The molecule has 0 radical (unpaired) electrons. The summed E-state index contributed by atoms with van der Waals surface area (Å²) in [5.41, 5.74) is 3.23. The SMILES string of the molecule is CC(=O)Nc1ccc2c(c1)C[N+](C)(Cc1ccc[n+](C)c1)CO2.[I-]. The molecule has 5 nitrogen and oxygen atoms in total. The van der Waals surface area contributed by atoms with Crippen molar-refractivity contribution in [3.63, 3.8) is 0 Å². The number of anilines is 1. The normalized spacial score (nSPS) is 18.8. The van der Waals surface area contributed by atoms with Gasteiger partial charge in [0.1, 0.15) is 25.9 Å². The van der Waals surface area contributed by atoms with Gasteiger partial charge in [0, 0.05) is 18.7 Å². The number of halogens is 1. The first-order valence-electron chi connectivity index (χ1n) is 7.75. The van der Waals surface area contributed by atoms with Crippen molar-refractivity contribution >= 4 is 11.6 Å². The Balaban J connectivity index is 0.00000208. The number of nitrogens with zero attached hydrogens (tertiary/aromatic N) is 2. The van der Waals surface area contributed by atoms with Gasteiger partial charge in [-0.2, -0.15) is 0 Å². The number of ether oxygens (including phenoxy) is 1.